The third-order valence-electron chi connectivity index (χ3n) is 4.00. The van der Waals surface area contributed by atoms with Crippen LogP contribution in [0.5, 0.6) is 11.5 Å². The molecule has 8 heteroatoms. The number of benzene rings is 1. The summed E-state index contributed by atoms with van der Waals surface area (Å²) in [6.07, 6.45) is 1.95. The van der Waals surface area contributed by atoms with E-state index >= 15 is 0 Å². The van der Waals surface area contributed by atoms with E-state index in [9.17, 15) is 9.59 Å². The van der Waals surface area contributed by atoms with Gasteiger partial charge in [-0.1, -0.05) is 13.3 Å². The third-order valence-corrected chi connectivity index (χ3v) is 4.59. The van der Waals surface area contributed by atoms with Gasteiger partial charge in [0.15, 0.2) is 11.5 Å². The Labute approximate surface area is 161 Å². The SMILES string of the molecule is CCCCOc1c(Br)cc([C@H]2NC(=O)NC(C)=C2C(=O)OC)cc1OC. The number of carbonyl (C=O) groups excluding carboxylic acids is 2. The minimum atomic E-state index is -0.661. The van der Waals surface area contributed by atoms with Crippen molar-refractivity contribution in [2.75, 3.05) is 20.8 Å². The van der Waals surface area contributed by atoms with Crippen LogP contribution in [-0.4, -0.2) is 32.8 Å². The molecular formula is C18H23BrN2O5. The summed E-state index contributed by atoms with van der Waals surface area (Å²) < 4.78 is 16.8. The number of allylic oxidation sites excluding steroid dienone is 1. The van der Waals surface area contributed by atoms with Crippen molar-refractivity contribution in [3.05, 3.63) is 33.4 Å². The molecule has 1 aromatic rings. The molecule has 0 aromatic heterocycles. The molecule has 2 amide bonds. The highest BCUT2D eigenvalue weighted by atomic mass is 79.9. The number of ether oxygens (including phenoxy) is 3. The summed E-state index contributed by atoms with van der Waals surface area (Å²) >= 11 is 3.50. The summed E-state index contributed by atoms with van der Waals surface area (Å²) in [5, 5.41) is 5.35. The fourth-order valence-corrected chi connectivity index (χ4v) is 3.26. The first-order valence-corrected chi connectivity index (χ1v) is 9.09. The average molecular weight is 427 g/mol. The van der Waals surface area contributed by atoms with Crippen LogP contribution < -0.4 is 20.1 Å². The van der Waals surface area contributed by atoms with E-state index in [-0.39, 0.29) is 0 Å². The van der Waals surface area contributed by atoms with Gasteiger partial charge in [0.25, 0.3) is 0 Å². The second-order valence-electron chi connectivity index (χ2n) is 5.80. The third kappa shape index (κ3) is 4.30. The molecule has 1 atom stereocenters. The number of hydrogen-bond acceptors (Lipinski definition) is 5. The van der Waals surface area contributed by atoms with Crippen LogP contribution in [0.2, 0.25) is 0 Å². The lowest BCUT2D eigenvalue weighted by Gasteiger charge is -2.28. The summed E-state index contributed by atoms with van der Waals surface area (Å²) in [6, 6.07) is 2.50. The molecule has 1 aromatic carbocycles. The Kier molecular flexibility index (Phi) is 6.90. The van der Waals surface area contributed by atoms with E-state index in [0.717, 1.165) is 12.8 Å². The summed E-state index contributed by atoms with van der Waals surface area (Å²) in [5.74, 6) is 0.587. The van der Waals surface area contributed by atoms with Crippen LogP contribution in [0.3, 0.4) is 0 Å². The van der Waals surface area contributed by atoms with Gasteiger partial charge in [-0.05, 0) is 47.0 Å². The van der Waals surface area contributed by atoms with Crippen molar-refractivity contribution in [1.82, 2.24) is 10.6 Å². The van der Waals surface area contributed by atoms with E-state index in [2.05, 4.69) is 33.5 Å². The lowest BCUT2D eigenvalue weighted by Crippen LogP contribution is -2.45. The minimum Gasteiger partial charge on any atom is -0.493 e. The lowest BCUT2D eigenvalue weighted by molar-refractivity contribution is -0.136. The van der Waals surface area contributed by atoms with Crippen molar-refractivity contribution in [1.29, 1.82) is 0 Å². The topological polar surface area (TPSA) is 85.9 Å². The van der Waals surface area contributed by atoms with E-state index in [1.165, 1.54) is 7.11 Å². The fraction of sp³-hybridized carbons (Fsp3) is 0.444. The van der Waals surface area contributed by atoms with Crippen LogP contribution in [0.15, 0.2) is 27.9 Å². The zero-order chi connectivity index (χ0) is 19.3. The molecule has 1 aliphatic heterocycles. The highest BCUT2D eigenvalue weighted by molar-refractivity contribution is 9.10. The van der Waals surface area contributed by atoms with Crippen molar-refractivity contribution in [2.24, 2.45) is 0 Å². The van der Waals surface area contributed by atoms with E-state index in [1.807, 2.05) is 0 Å². The number of rotatable bonds is 7. The molecule has 0 fully saturated rings. The molecule has 7 nitrogen and oxygen atoms in total. The number of halogens is 1. The van der Waals surface area contributed by atoms with Crippen LogP contribution >= 0.6 is 15.9 Å². The van der Waals surface area contributed by atoms with Gasteiger partial charge >= 0.3 is 12.0 Å². The van der Waals surface area contributed by atoms with Crippen LogP contribution in [0.25, 0.3) is 0 Å². The molecule has 0 aliphatic carbocycles. The maximum Gasteiger partial charge on any atom is 0.337 e. The summed E-state index contributed by atoms with van der Waals surface area (Å²) in [5.41, 5.74) is 1.45. The zero-order valence-corrected chi connectivity index (χ0v) is 16.9. The number of amides is 2. The molecular weight excluding hydrogens is 404 g/mol. The van der Waals surface area contributed by atoms with Crippen molar-refractivity contribution in [2.45, 2.75) is 32.7 Å². The Balaban J connectivity index is 2.46. The second-order valence-corrected chi connectivity index (χ2v) is 6.65. The molecule has 1 aliphatic rings. The number of carbonyl (C=O) groups is 2. The van der Waals surface area contributed by atoms with Crippen LogP contribution in [0.1, 0.15) is 38.3 Å². The Hall–Kier alpha value is -2.22. The largest absolute Gasteiger partial charge is 0.493 e. The van der Waals surface area contributed by atoms with E-state index in [1.54, 1.807) is 26.2 Å². The molecule has 0 bridgehead atoms. The molecule has 26 heavy (non-hydrogen) atoms. The van der Waals surface area contributed by atoms with Gasteiger partial charge in [0.05, 0.1) is 36.9 Å². The van der Waals surface area contributed by atoms with Gasteiger partial charge in [-0.3, -0.25) is 0 Å². The standard InChI is InChI=1S/C18H23BrN2O5/c1-5-6-7-26-16-12(19)8-11(9-13(16)24-3)15-14(17(22)25-4)10(2)20-18(23)21-15/h8-9,15H,5-7H2,1-4H3,(H2,20,21,23)/t15-/m1/s1. The van der Waals surface area contributed by atoms with E-state index in [4.69, 9.17) is 14.2 Å². The Morgan fingerprint density at radius 2 is 2.04 bits per heavy atom. The van der Waals surface area contributed by atoms with Crippen LogP contribution in [0, 0.1) is 0 Å². The quantitative estimate of drug-likeness (QED) is 0.515. The molecule has 0 spiro atoms. The van der Waals surface area contributed by atoms with Crippen LogP contribution in [-0.2, 0) is 9.53 Å². The van der Waals surface area contributed by atoms with Gasteiger partial charge < -0.3 is 24.8 Å². The van der Waals surface area contributed by atoms with Gasteiger partial charge in [0.2, 0.25) is 0 Å². The van der Waals surface area contributed by atoms with E-state index in [0.29, 0.717) is 39.4 Å². The lowest BCUT2D eigenvalue weighted by atomic mass is 9.95. The molecule has 2 rings (SSSR count). The Morgan fingerprint density at radius 1 is 1.31 bits per heavy atom. The normalized spacial score (nSPS) is 16.7. The monoisotopic (exact) mass is 426 g/mol. The van der Waals surface area contributed by atoms with Crippen molar-refractivity contribution >= 4 is 27.9 Å². The predicted octanol–water partition coefficient (Wildman–Crippen LogP) is 3.44. The maximum absolute atomic E-state index is 12.2. The average Bonchev–Trinajstić information content (AvgIpc) is 2.61. The van der Waals surface area contributed by atoms with Crippen LogP contribution in [0.4, 0.5) is 4.79 Å². The van der Waals surface area contributed by atoms with Gasteiger partial charge in [0.1, 0.15) is 0 Å². The van der Waals surface area contributed by atoms with Crippen molar-refractivity contribution in [3.8, 4) is 11.5 Å². The highest BCUT2D eigenvalue weighted by Gasteiger charge is 2.32. The number of urea groups is 1. The van der Waals surface area contributed by atoms with Gasteiger partial charge in [0, 0.05) is 5.70 Å². The number of hydrogen-bond donors (Lipinski definition) is 2. The molecule has 0 radical (unpaired) electrons. The van der Waals surface area contributed by atoms with Gasteiger partial charge in [-0.2, -0.15) is 0 Å². The first-order valence-electron chi connectivity index (χ1n) is 8.29. The highest BCUT2D eigenvalue weighted by Crippen LogP contribution is 2.40. The van der Waals surface area contributed by atoms with Crippen molar-refractivity contribution < 1.29 is 23.8 Å². The summed E-state index contributed by atoms with van der Waals surface area (Å²) in [7, 11) is 2.85. The number of unbranched alkanes of at least 4 members (excludes halogenated alkanes) is 1. The second kappa shape index (κ2) is 8.93. The first kappa shape index (κ1) is 20.1. The minimum absolute atomic E-state index is 0.334. The molecule has 0 saturated heterocycles. The maximum atomic E-state index is 12.2. The Morgan fingerprint density at radius 3 is 2.65 bits per heavy atom. The first-order chi connectivity index (χ1) is 12.4. The summed E-state index contributed by atoms with van der Waals surface area (Å²) in [4.78, 5) is 24.1. The number of esters is 1. The van der Waals surface area contributed by atoms with Crippen molar-refractivity contribution in [3.63, 3.8) is 0 Å². The fourth-order valence-electron chi connectivity index (χ4n) is 2.69. The molecule has 0 saturated carbocycles. The smallest absolute Gasteiger partial charge is 0.337 e. The molecule has 0 unspecified atom stereocenters. The van der Waals surface area contributed by atoms with E-state index < -0.39 is 18.0 Å². The Bertz CT molecular complexity index is 733. The zero-order valence-electron chi connectivity index (χ0n) is 15.3. The molecule has 142 valence electrons. The molecule has 1 heterocycles. The molecule has 2 N–H and O–H groups in total. The predicted molar refractivity (Wildman–Crippen MR) is 100 cm³/mol. The number of nitrogens with one attached hydrogen (secondary N) is 2. The number of methoxy groups -OCH3 is 2. The summed E-state index contributed by atoms with van der Waals surface area (Å²) in [6.45, 7) is 4.31. The van der Waals surface area contributed by atoms with Gasteiger partial charge in [-0.25, -0.2) is 9.59 Å². The van der Waals surface area contributed by atoms with Gasteiger partial charge in [-0.15, -0.1) is 0 Å².